The molecule has 0 spiro atoms. The third kappa shape index (κ3) is 8.40. The summed E-state index contributed by atoms with van der Waals surface area (Å²) in [6, 6.07) is 16.9. The highest BCUT2D eigenvalue weighted by Gasteiger charge is 2.34. The summed E-state index contributed by atoms with van der Waals surface area (Å²) in [5.41, 5.74) is 1.71. The van der Waals surface area contributed by atoms with Crippen LogP contribution in [0.2, 0.25) is 10.0 Å². The molecule has 1 N–H and O–H groups in total. The highest BCUT2D eigenvalue weighted by atomic mass is 35.5. The van der Waals surface area contributed by atoms with Crippen LogP contribution in [0.25, 0.3) is 0 Å². The summed E-state index contributed by atoms with van der Waals surface area (Å²) in [5, 5.41) is 3.67. The van der Waals surface area contributed by atoms with Crippen molar-refractivity contribution in [2.75, 3.05) is 24.5 Å². The maximum absolute atomic E-state index is 14.2. The summed E-state index contributed by atoms with van der Waals surface area (Å²) >= 11 is 12.6. The number of hydrogen-bond acceptors (Lipinski definition) is 5. The van der Waals surface area contributed by atoms with Crippen LogP contribution in [-0.4, -0.2) is 51.4 Å². The summed E-state index contributed by atoms with van der Waals surface area (Å²) in [6.07, 6.45) is 1.99. The van der Waals surface area contributed by atoms with Crippen LogP contribution in [0, 0.1) is 6.92 Å². The zero-order chi connectivity index (χ0) is 30.9. The van der Waals surface area contributed by atoms with Gasteiger partial charge in [0.05, 0.1) is 17.7 Å². The van der Waals surface area contributed by atoms with E-state index in [1.165, 1.54) is 24.1 Å². The van der Waals surface area contributed by atoms with Gasteiger partial charge in [0.2, 0.25) is 11.8 Å². The lowest BCUT2D eigenvalue weighted by molar-refractivity contribution is -0.140. The van der Waals surface area contributed by atoms with Crippen molar-refractivity contribution in [3.63, 3.8) is 0 Å². The number of carbonyl (C=O) groups is 2. The van der Waals surface area contributed by atoms with Crippen LogP contribution in [0.1, 0.15) is 44.2 Å². The molecule has 1 atom stereocenters. The molecule has 3 rings (SSSR count). The predicted octanol–water partition coefficient (Wildman–Crippen LogP) is 6.23. The Balaban J connectivity index is 2.08. The molecule has 0 heterocycles. The second kappa shape index (κ2) is 15.3. The maximum atomic E-state index is 14.2. The van der Waals surface area contributed by atoms with E-state index in [4.69, 9.17) is 27.9 Å². The number of carbonyl (C=O) groups excluding carboxylic acids is 2. The van der Waals surface area contributed by atoms with E-state index in [1.54, 1.807) is 61.5 Å². The Morgan fingerprint density at radius 1 is 1.00 bits per heavy atom. The van der Waals surface area contributed by atoms with Gasteiger partial charge in [-0.1, -0.05) is 73.3 Å². The molecule has 0 aliphatic rings. The number of anilines is 1. The average molecular weight is 635 g/mol. The van der Waals surface area contributed by atoms with Crippen LogP contribution in [-0.2, 0) is 26.2 Å². The van der Waals surface area contributed by atoms with E-state index in [-0.39, 0.29) is 23.0 Å². The normalized spacial score (nSPS) is 12.0. The van der Waals surface area contributed by atoms with Gasteiger partial charge in [-0.2, -0.15) is 0 Å². The number of sulfonamides is 1. The van der Waals surface area contributed by atoms with E-state index in [1.807, 2.05) is 13.8 Å². The third-order valence-corrected chi connectivity index (χ3v) is 9.18. The lowest BCUT2D eigenvalue weighted by atomic mass is 10.1. The Morgan fingerprint density at radius 2 is 1.71 bits per heavy atom. The molecule has 1 unspecified atom stereocenters. The summed E-state index contributed by atoms with van der Waals surface area (Å²) < 4.78 is 34.4. The zero-order valence-electron chi connectivity index (χ0n) is 24.3. The van der Waals surface area contributed by atoms with Crippen LogP contribution in [0.15, 0.2) is 71.6 Å². The van der Waals surface area contributed by atoms with Crippen LogP contribution in [0.5, 0.6) is 5.75 Å². The predicted molar refractivity (Wildman–Crippen MR) is 168 cm³/mol. The number of amides is 2. The van der Waals surface area contributed by atoms with Crippen molar-refractivity contribution in [1.29, 1.82) is 0 Å². The number of nitrogens with zero attached hydrogens (tertiary/aromatic N) is 2. The molecule has 3 aromatic rings. The first kappa shape index (κ1) is 33.2. The fraction of sp³-hybridized carbons (Fsp3) is 0.355. The molecule has 226 valence electrons. The lowest BCUT2D eigenvalue weighted by Gasteiger charge is -2.33. The van der Waals surface area contributed by atoms with Gasteiger partial charge < -0.3 is 15.0 Å². The number of rotatable bonds is 14. The van der Waals surface area contributed by atoms with Crippen LogP contribution >= 0.6 is 23.2 Å². The molecule has 0 radical (unpaired) electrons. The zero-order valence-corrected chi connectivity index (χ0v) is 26.6. The van der Waals surface area contributed by atoms with E-state index < -0.39 is 28.5 Å². The highest BCUT2D eigenvalue weighted by molar-refractivity contribution is 7.92. The average Bonchev–Trinajstić information content (AvgIpc) is 2.97. The topological polar surface area (TPSA) is 96.0 Å². The molecule has 0 bridgehead atoms. The molecule has 2 amide bonds. The maximum Gasteiger partial charge on any atom is 0.264 e. The minimum absolute atomic E-state index is 0.0227. The lowest BCUT2D eigenvalue weighted by Crippen LogP contribution is -2.52. The van der Waals surface area contributed by atoms with Gasteiger partial charge in [0, 0.05) is 29.2 Å². The van der Waals surface area contributed by atoms with E-state index in [0.29, 0.717) is 34.3 Å². The summed E-state index contributed by atoms with van der Waals surface area (Å²) in [7, 11) is -2.72. The molecule has 0 fully saturated rings. The molecular weight excluding hydrogens is 597 g/mol. The second-order valence-corrected chi connectivity index (χ2v) is 12.6. The molecule has 3 aromatic carbocycles. The number of halogens is 2. The van der Waals surface area contributed by atoms with Crippen LogP contribution in [0.4, 0.5) is 5.69 Å². The molecule has 0 saturated heterocycles. The van der Waals surface area contributed by atoms with Crippen molar-refractivity contribution in [2.45, 2.75) is 57.5 Å². The van der Waals surface area contributed by atoms with E-state index in [2.05, 4.69) is 5.32 Å². The van der Waals surface area contributed by atoms with Gasteiger partial charge in [0.15, 0.2) is 0 Å². The Labute approximate surface area is 258 Å². The van der Waals surface area contributed by atoms with E-state index in [0.717, 1.165) is 22.7 Å². The van der Waals surface area contributed by atoms with Crippen molar-refractivity contribution < 1.29 is 22.7 Å². The van der Waals surface area contributed by atoms with Gasteiger partial charge in [0.25, 0.3) is 10.0 Å². The molecule has 0 saturated carbocycles. The SMILES string of the molecule is CCCCNC(=O)C(CC)N(Cc1ccc(Cl)cc1Cl)C(=O)CN(c1cccc(OC)c1)S(=O)(=O)c1ccc(C)cc1. The second-order valence-electron chi connectivity index (χ2n) is 9.85. The fourth-order valence-corrected chi connectivity index (χ4v) is 6.27. The van der Waals surface area contributed by atoms with Gasteiger partial charge in [-0.15, -0.1) is 0 Å². The van der Waals surface area contributed by atoms with Crippen molar-refractivity contribution >= 4 is 50.7 Å². The molecular formula is C31H37Cl2N3O5S. The number of unbranched alkanes of at least 4 members (excludes halogenated alkanes) is 1. The Morgan fingerprint density at radius 3 is 2.33 bits per heavy atom. The molecule has 11 heteroatoms. The molecule has 0 aliphatic heterocycles. The largest absolute Gasteiger partial charge is 0.497 e. The van der Waals surface area contributed by atoms with Gasteiger partial charge in [-0.3, -0.25) is 13.9 Å². The molecule has 42 heavy (non-hydrogen) atoms. The van der Waals surface area contributed by atoms with Gasteiger partial charge in [-0.05, 0) is 61.7 Å². The van der Waals surface area contributed by atoms with Crippen molar-refractivity contribution in [1.82, 2.24) is 10.2 Å². The number of benzene rings is 3. The fourth-order valence-electron chi connectivity index (χ4n) is 4.39. The summed E-state index contributed by atoms with van der Waals surface area (Å²) in [5.74, 6) is -0.466. The van der Waals surface area contributed by atoms with E-state index in [9.17, 15) is 18.0 Å². The number of methoxy groups -OCH3 is 1. The van der Waals surface area contributed by atoms with Crippen molar-refractivity contribution in [2.24, 2.45) is 0 Å². The number of hydrogen-bond donors (Lipinski definition) is 1. The van der Waals surface area contributed by atoms with E-state index >= 15 is 0 Å². The first-order chi connectivity index (χ1) is 20.0. The summed E-state index contributed by atoms with van der Waals surface area (Å²) in [6.45, 7) is 5.56. The molecule has 0 aromatic heterocycles. The minimum atomic E-state index is -4.20. The van der Waals surface area contributed by atoms with Crippen molar-refractivity contribution in [3.8, 4) is 5.75 Å². The van der Waals surface area contributed by atoms with Crippen LogP contribution < -0.4 is 14.4 Å². The Kier molecular flexibility index (Phi) is 12.1. The monoisotopic (exact) mass is 633 g/mol. The minimum Gasteiger partial charge on any atom is -0.497 e. The first-order valence-corrected chi connectivity index (χ1v) is 16.0. The number of ether oxygens (including phenoxy) is 1. The number of nitrogens with one attached hydrogen (secondary N) is 1. The smallest absolute Gasteiger partial charge is 0.264 e. The molecule has 8 nitrogen and oxygen atoms in total. The standard InChI is InChI=1S/C31H37Cl2N3O5S/c1-5-7-17-34-31(38)29(6-2)35(20-23-13-14-24(32)18-28(23)33)30(37)21-36(25-9-8-10-26(19-25)41-4)42(39,40)27-15-11-22(3)12-16-27/h8-16,18-19,29H,5-7,17,20-21H2,1-4H3,(H,34,38). The van der Waals surface area contributed by atoms with Crippen LogP contribution in [0.3, 0.4) is 0 Å². The first-order valence-electron chi connectivity index (χ1n) is 13.8. The quantitative estimate of drug-likeness (QED) is 0.212. The van der Waals surface area contributed by atoms with Crippen molar-refractivity contribution in [3.05, 3.63) is 87.9 Å². The van der Waals surface area contributed by atoms with Gasteiger partial charge in [-0.25, -0.2) is 8.42 Å². The Hall–Kier alpha value is -3.27. The van der Waals surface area contributed by atoms with Gasteiger partial charge in [0.1, 0.15) is 18.3 Å². The Bertz CT molecular complexity index is 1480. The third-order valence-electron chi connectivity index (χ3n) is 6.80. The molecule has 0 aliphatic carbocycles. The summed E-state index contributed by atoms with van der Waals surface area (Å²) in [4.78, 5) is 28.9. The van der Waals surface area contributed by atoms with Gasteiger partial charge >= 0.3 is 0 Å². The number of aryl methyl sites for hydroxylation is 1. The highest BCUT2D eigenvalue weighted by Crippen LogP contribution is 2.29.